The lowest BCUT2D eigenvalue weighted by molar-refractivity contribution is 0.100. The number of nitrogens with two attached hydrogens (primary N) is 1. The molecular weight excluding hydrogens is 481 g/mol. The van der Waals surface area contributed by atoms with Crippen molar-refractivity contribution in [1.82, 2.24) is 14.9 Å². The molecule has 3 aromatic rings. The number of anilines is 1. The van der Waals surface area contributed by atoms with Gasteiger partial charge in [-0.15, -0.1) is 0 Å². The van der Waals surface area contributed by atoms with Gasteiger partial charge in [0.1, 0.15) is 6.61 Å². The average molecular weight is 504 g/mol. The van der Waals surface area contributed by atoms with E-state index in [-0.39, 0.29) is 17.2 Å². The molecule has 1 saturated heterocycles. The molecule has 0 atom stereocenters. The van der Waals surface area contributed by atoms with E-state index in [1.807, 2.05) is 0 Å². The largest absolute Gasteiger partial charge is 0.505 e. The van der Waals surface area contributed by atoms with Gasteiger partial charge in [-0.2, -0.15) is 4.98 Å². The maximum atomic E-state index is 13.4. The SMILES string of the molecule is CN1CCN(c2ncc(Sc3ccc(C(N)=O)c(Cl)c3)c(OCc3ccc(F)c(O)c3)n2)CC1. The van der Waals surface area contributed by atoms with Crippen LogP contribution < -0.4 is 15.4 Å². The highest BCUT2D eigenvalue weighted by atomic mass is 35.5. The van der Waals surface area contributed by atoms with Gasteiger partial charge in [-0.25, -0.2) is 9.37 Å². The van der Waals surface area contributed by atoms with Crippen LogP contribution in [0.3, 0.4) is 0 Å². The fourth-order valence-electron chi connectivity index (χ4n) is 3.36. The molecule has 3 N–H and O–H groups in total. The van der Waals surface area contributed by atoms with E-state index in [9.17, 15) is 14.3 Å². The highest BCUT2D eigenvalue weighted by molar-refractivity contribution is 7.99. The number of benzene rings is 2. The second-order valence-electron chi connectivity index (χ2n) is 7.81. The van der Waals surface area contributed by atoms with Crippen LogP contribution in [0.5, 0.6) is 11.6 Å². The van der Waals surface area contributed by atoms with Gasteiger partial charge in [0.05, 0.1) is 21.7 Å². The van der Waals surface area contributed by atoms with Crippen LogP contribution in [0.1, 0.15) is 15.9 Å². The minimum Gasteiger partial charge on any atom is -0.505 e. The number of amides is 1. The van der Waals surface area contributed by atoms with Gasteiger partial charge in [-0.1, -0.05) is 29.4 Å². The van der Waals surface area contributed by atoms with Gasteiger partial charge in [0.15, 0.2) is 11.6 Å². The fraction of sp³-hybridized carbons (Fsp3) is 0.261. The first-order chi connectivity index (χ1) is 16.3. The predicted octanol–water partition coefficient (Wildman–Crippen LogP) is 3.56. The highest BCUT2D eigenvalue weighted by Crippen LogP contribution is 2.36. The van der Waals surface area contributed by atoms with Crippen LogP contribution >= 0.6 is 23.4 Å². The number of phenolic OH excluding ortho intramolecular Hbond substituents is 1. The zero-order valence-corrected chi connectivity index (χ0v) is 19.9. The maximum absolute atomic E-state index is 13.4. The Bertz CT molecular complexity index is 1210. The van der Waals surface area contributed by atoms with Crippen molar-refractivity contribution in [2.24, 2.45) is 5.73 Å². The molecule has 1 fully saturated rings. The second-order valence-corrected chi connectivity index (χ2v) is 9.33. The predicted molar refractivity (Wildman–Crippen MR) is 128 cm³/mol. The van der Waals surface area contributed by atoms with Crippen molar-refractivity contribution in [3.05, 3.63) is 64.6 Å². The number of likely N-dealkylation sites (N-methyl/N-ethyl adjacent to an activating group) is 1. The van der Waals surface area contributed by atoms with Gasteiger partial charge in [0, 0.05) is 31.1 Å². The van der Waals surface area contributed by atoms with Gasteiger partial charge in [0.2, 0.25) is 17.7 Å². The molecule has 34 heavy (non-hydrogen) atoms. The third kappa shape index (κ3) is 5.69. The van der Waals surface area contributed by atoms with Crippen LogP contribution in [0.15, 0.2) is 52.4 Å². The number of rotatable bonds is 7. The summed E-state index contributed by atoms with van der Waals surface area (Å²) in [7, 11) is 2.07. The van der Waals surface area contributed by atoms with Crippen molar-refractivity contribution in [2.75, 3.05) is 38.1 Å². The molecule has 0 aliphatic carbocycles. The van der Waals surface area contributed by atoms with Crippen molar-refractivity contribution in [2.45, 2.75) is 16.4 Å². The Labute approximate surface area is 205 Å². The molecule has 1 aromatic heterocycles. The number of piperazine rings is 1. The Morgan fingerprint density at radius 2 is 2.00 bits per heavy atom. The van der Waals surface area contributed by atoms with Crippen molar-refractivity contribution in [1.29, 1.82) is 0 Å². The fourth-order valence-corrected chi connectivity index (χ4v) is 4.57. The number of hydrogen-bond donors (Lipinski definition) is 2. The minimum absolute atomic E-state index is 0.0714. The molecule has 178 valence electrons. The molecule has 0 bridgehead atoms. The van der Waals surface area contributed by atoms with Gasteiger partial charge in [0.25, 0.3) is 0 Å². The number of phenols is 1. The topological polar surface area (TPSA) is 105 Å². The smallest absolute Gasteiger partial charge is 0.250 e. The Morgan fingerprint density at radius 3 is 2.68 bits per heavy atom. The summed E-state index contributed by atoms with van der Waals surface area (Å²) in [5, 5.41) is 9.90. The second kappa shape index (κ2) is 10.5. The summed E-state index contributed by atoms with van der Waals surface area (Å²) in [5.74, 6) is -0.853. The van der Waals surface area contributed by atoms with Crippen molar-refractivity contribution < 1.29 is 19.0 Å². The number of halogens is 2. The molecular formula is C23H23ClFN5O3S. The maximum Gasteiger partial charge on any atom is 0.250 e. The lowest BCUT2D eigenvalue weighted by Crippen LogP contribution is -2.45. The van der Waals surface area contributed by atoms with E-state index in [2.05, 4.69) is 26.8 Å². The van der Waals surface area contributed by atoms with E-state index < -0.39 is 17.5 Å². The third-order valence-electron chi connectivity index (χ3n) is 5.32. The zero-order valence-electron chi connectivity index (χ0n) is 18.4. The van der Waals surface area contributed by atoms with Crippen LogP contribution in [0.25, 0.3) is 0 Å². The summed E-state index contributed by atoms with van der Waals surface area (Å²) < 4.78 is 19.4. The van der Waals surface area contributed by atoms with Gasteiger partial charge < -0.3 is 25.4 Å². The number of hydrogen-bond acceptors (Lipinski definition) is 8. The Morgan fingerprint density at radius 1 is 1.24 bits per heavy atom. The van der Waals surface area contributed by atoms with E-state index >= 15 is 0 Å². The number of aromatic nitrogens is 2. The molecule has 0 spiro atoms. The highest BCUT2D eigenvalue weighted by Gasteiger charge is 2.20. The standard InChI is InChI=1S/C23H23ClFN5O3S/c1-29-6-8-30(9-7-29)23-27-12-20(34-15-3-4-16(21(26)32)17(24)11-15)22(28-23)33-13-14-2-5-18(25)19(31)10-14/h2-5,10-12,31H,6-9,13H2,1H3,(H2,26,32). The Hall–Kier alpha value is -3.08. The summed E-state index contributed by atoms with van der Waals surface area (Å²) in [4.78, 5) is 26.3. The van der Waals surface area contributed by atoms with E-state index in [1.54, 1.807) is 24.4 Å². The molecule has 11 heteroatoms. The van der Waals surface area contributed by atoms with Crippen molar-refractivity contribution in [3.63, 3.8) is 0 Å². The molecule has 1 aliphatic heterocycles. The number of primary amides is 1. The first-order valence-corrected chi connectivity index (χ1v) is 11.7. The molecule has 0 saturated carbocycles. The minimum atomic E-state index is -0.698. The first kappa shape index (κ1) is 24.1. The quantitative estimate of drug-likeness (QED) is 0.504. The Balaban J connectivity index is 1.60. The van der Waals surface area contributed by atoms with Crippen LogP contribution in [-0.4, -0.2) is 59.1 Å². The van der Waals surface area contributed by atoms with Crippen molar-refractivity contribution >= 4 is 35.2 Å². The molecule has 8 nitrogen and oxygen atoms in total. The zero-order chi connectivity index (χ0) is 24.2. The molecule has 1 amide bonds. The number of carbonyl (C=O) groups excluding carboxylic acids is 1. The molecule has 4 rings (SSSR count). The van der Waals surface area contributed by atoms with E-state index in [0.29, 0.717) is 22.3 Å². The summed E-state index contributed by atoms with van der Waals surface area (Å²) in [5.41, 5.74) is 6.16. The summed E-state index contributed by atoms with van der Waals surface area (Å²) >= 11 is 7.52. The molecule has 2 aromatic carbocycles. The van der Waals surface area contributed by atoms with Crippen LogP contribution in [0.2, 0.25) is 5.02 Å². The number of nitrogens with zero attached hydrogens (tertiary/aromatic N) is 4. The summed E-state index contributed by atoms with van der Waals surface area (Å²) in [6.45, 7) is 3.45. The summed E-state index contributed by atoms with van der Waals surface area (Å²) in [6, 6.07) is 8.96. The van der Waals surface area contributed by atoms with Crippen LogP contribution in [0, 0.1) is 5.82 Å². The first-order valence-electron chi connectivity index (χ1n) is 10.5. The normalized spacial score (nSPS) is 14.3. The van der Waals surface area contributed by atoms with Crippen LogP contribution in [0.4, 0.5) is 10.3 Å². The van der Waals surface area contributed by atoms with Gasteiger partial charge in [-0.05, 0) is 42.9 Å². The van der Waals surface area contributed by atoms with Gasteiger partial charge in [-0.3, -0.25) is 4.79 Å². The van der Waals surface area contributed by atoms with E-state index in [0.717, 1.165) is 31.1 Å². The lowest BCUT2D eigenvalue weighted by atomic mass is 10.2. The van der Waals surface area contributed by atoms with Gasteiger partial charge >= 0.3 is 0 Å². The number of carbonyl (C=O) groups is 1. The monoisotopic (exact) mass is 503 g/mol. The average Bonchev–Trinajstić information content (AvgIpc) is 2.81. The summed E-state index contributed by atoms with van der Waals surface area (Å²) in [6.07, 6.45) is 1.68. The lowest BCUT2D eigenvalue weighted by Gasteiger charge is -2.32. The van der Waals surface area contributed by atoms with E-state index in [1.165, 1.54) is 30.0 Å². The molecule has 1 aliphatic rings. The third-order valence-corrected chi connectivity index (χ3v) is 6.62. The Kier molecular flexibility index (Phi) is 7.40. The number of aromatic hydroxyl groups is 1. The van der Waals surface area contributed by atoms with Crippen LogP contribution in [-0.2, 0) is 6.61 Å². The molecule has 0 radical (unpaired) electrons. The molecule has 0 unspecified atom stereocenters. The van der Waals surface area contributed by atoms with E-state index in [4.69, 9.17) is 22.1 Å². The molecule has 2 heterocycles. The number of ether oxygens (including phenoxy) is 1. The van der Waals surface area contributed by atoms with Crippen molar-refractivity contribution in [3.8, 4) is 11.6 Å².